The molecule has 3 aliphatic heterocycles. The van der Waals surface area contributed by atoms with Crippen molar-refractivity contribution in [2.45, 2.75) is 63.0 Å². The number of ether oxygens (including phenoxy) is 1. The van der Waals surface area contributed by atoms with Gasteiger partial charge < -0.3 is 19.8 Å². The number of rotatable bonds is 6. The summed E-state index contributed by atoms with van der Waals surface area (Å²) in [6, 6.07) is 5.61. The molecule has 3 saturated heterocycles. The smallest absolute Gasteiger partial charge is 0.319 e. The lowest BCUT2D eigenvalue weighted by atomic mass is 9.94. The summed E-state index contributed by atoms with van der Waals surface area (Å²) >= 11 is 0. The van der Waals surface area contributed by atoms with Crippen LogP contribution in [0.2, 0.25) is 0 Å². The molecule has 1 aliphatic carbocycles. The molecule has 4 aliphatic rings. The SMILES string of the molecule is CCc1c(F)ccc2cc(O)cc(-c3ncc4c(N5C[C@@H]6C[C@H](C5)[C@H](O)C6)nc(OCC56CC(F)CN5CC(F)C6)nc4c3F)c12. The third-order valence-corrected chi connectivity index (χ3v) is 10.6. The van der Waals surface area contributed by atoms with Gasteiger partial charge in [0, 0.05) is 56.7 Å². The summed E-state index contributed by atoms with van der Waals surface area (Å²) in [7, 11) is 0. The number of aromatic hydroxyl groups is 1. The van der Waals surface area contributed by atoms with Gasteiger partial charge in [-0.05, 0) is 59.7 Å². The number of aliphatic hydroxyl groups is 1. The number of hydrogen-bond acceptors (Lipinski definition) is 8. The van der Waals surface area contributed by atoms with E-state index in [2.05, 4.69) is 9.97 Å². The second-order valence-electron chi connectivity index (χ2n) is 13.6. The van der Waals surface area contributed by atoms with Crippen molar-refractivity contribution in [1.29, 1.82) is 0 Å². The van der Waals surface area contributed by atoms with E-state index in [1.807, 2.05) is 4.90 Å². The average Bonchev–Trinajstić information content (AvgIpc) is 3.59. The van der Waals surface area contributed by atoms with Gasteiger partial charge >= 0.3 is 6.01 Å². The van der Waals surface area contributed by atoms with Gasteiger partial charge in [-0.3, -0.25) is 9.88 Å². The first-order valence-electron chi connectivity index (χ1n) is 16.0. The number of alkyl halides is 2. The molecule has 8 nitrogen and oxygen atoms in total. The number of benzene rings is 2. The highest BCUT2D eigenvalue weighted by Gasteiger charge is 2.53. The van der Waals surface area contributed by atoms with E-state index in [-0.39, 0.29) is 72.9 Å². The summed E-state index contributed by atoms with van der Waals surface area (Å²) in [4.78, 5) is 17.5. The second kappa shape index (κ2) is 10.9. The fourth-order valence-electron chi connectivity index (χ4n) is 8.59. The Bertz CT molecular complexity index is 1840. The van der Waals surface area contributed by atoms with Gasteiger partial charge in [-0.25, -0.2) is 17.6 Å². The van der Waals surface area contributed by atoms with Crippen LogP contribution < -0.4 is 9.64 Å². The van der Waals surface area contributed by atoms with Crippen molar-refractivity contribution >= 4 is 27.5 Å². The molecule has 0 amide bonds. The molecule has 2 N–H and O–H groups in total. The van der Waals surface area contributed by atoms with E-state index >= 15 is 4.39 Å². The number of pyridine rings is 1. The summed E-state index contributed by atoms with van der Waals surface area (Å²) in [6.45, 7) is 3.12. The summed E-state index contributed by atoms with van der Waals surface area (Å²) in [5.41, 5.74) is -0.433. The number of piperidine rings is 1. The predicted molar refractivity (Wildman–Crippen MR) is 164 cm³/mol. The van der Waals surface area contributed by atoms with E-state index in [1.54, 1.807) is 11.8 Å². The highest BCUT2D eigenvalue weighted by atomic mass is 19.1. The van der Waals surface area contributed by atoms with Crippen molar-refractivity contribution in [3.8, 4) is 23.0 Å². The van der Waals surface area contributed by atoms with Crippen molar-refractivity contribution in [1.82, 2.24) is 19.9 Å². The zero-order chi connectivity index (χ0) is 31.9. The molecule has 8 rings (SSSR count). The molecule has 46 heavy (non-hydrogen) atoms. The van der Waals surface area contributed by atoms with Crippen LogP contribution in [0.3, 0.4) is 0 Å². The normalized spacial score (nSPS) is 29.3. The molecule has 4 aromatic rings. The lowest BCUT2D eigenvalue weighted by Gasteiger charge is -2.34. The van der Waals surface area contributed by atoms with Crippen LogP contribution in [0.15, 0.2) is 30.5 Å². The fourth-order valence-corrected chi connectivity index (χ4v) is 8.59. The molecule has 2 bridgehead atoms. The summed E-state index contributed by atoms with van der Waals surface area (Å²) in [5, 5.41) is 22.5. The maximum atomic E-state index is 16.8. The van der Waals surface area contributed by atoms with Crippen molar-refractivity contribution < 1.29 is 32.5 Å². The molecular formula is C34H35F4N5O3. The van der Waals surface area contributed by atoms with Crippen LogP contribution in [-0.2, 0) is 6.42 Å². The third-order valence-electron chi connectivity index (χ3n) is 10.6. The van der Waals surface area contributed by atoms with Gasteiger partial charge in [0.2, 0.25) is 0 Å². The number of aliphatic hydroxyl groups excluding tert-OH is 1. The van der Waals surface area contributed by atoms with Crippen LogP contribution in [0.25, 0.3) is 32.9 Å². The Morgan fingerprint density at radius 3 is 2.54 bits per heavy atom. The summed E-state index contributed by atoms with van der Waals surface area (Å²) < 4.78 is 66.8. The van der Waals surface area contributed by atoms with Crippen LogP contribution in [0.4, 0.5) is 23.4 Å². The summed E-state index contributed by atoms with van der Waals surface area (Å²) in [5.74, 6) is -0.669. The van der Waals surface area contributed by atoms with Crippen LogP contribution in [-0.4, -0.2) is 86.8 Å². The number of nitrogens with zero attached hydrogens (tertiary/aromatic N) is 5. The van der Waals surface area contributed by atoms with E-state index in [9.17, 15) is 23.4 Å². The van der Waals surface area contributed by atoms with Gasteiger partial charge in [0.25, 0.3) is 0 Å². The largest absolute Gasteiger partial charge is 0.508 e. The lowest BCUT2D eigenvalue weighted by molar-refractivity contribution is 0.107. The first kappa shape index (κ1) is 29.6. The lowest BCUT2D eigenvalue weighted by Crippen LogP contribution is -2.43. The molecule has 2 aromatic heterocycles. The minimum absolute atomic E-state index is 0.0404. The van der Waals surface area contributed by atoms with Crippen molar-refractivity contribution in [2.75, 3.05) is 37.7 Å². The molecule has 12 heteroatoms. The Morgan fingerprint density at radius 2 is 1.80 bits per heavy atom. The van der Waals surface area contributed by atoms with Gasteiger partial charge in [-0.2, -0.15) is 9.97 Å². The average molecular weight is 638 g/mol. The van der Waals surface area contributed by atoms with Crippen LogP contribution in [0.5, 0.6) is 11.8 Å². The first-order chi connectivity index (χ1) is 22.1. The number of aromatic nitrogens is 3. The highest BCUT2D eigenvalue weighted by Crippen LogP contribution is 2.44. The number of phenols is 1. The molecule has 242 valence electrons. The summed E-state index contributed by atoms with van der Waals surface area (Å²) in [6.07, 6.45) is 1.03. The van der Waals surface area contributed by atoms with E-state index in [4.69, 9.17) is 9.72 Å². The van der Waals surface area contributed by atoms with E-state index < -0.39 is 35.6 Å². The van der Waals surface area contributed by atoms with Gasteiger partial charge in [0.05, 0.1) is 17.0 Å². The Labute approximate surface area is 263 Å². The number of anilines is 1. The number of halogens is 4. The molecule has 2 aromatic carbocycles. The first-order valence-corrected chi connectivity index (χ1v) is 16.0. The van der Waals surface area contributed by atoms with Crippen molar-refractivity contribution in [2.24, 2.45) is 11.8 Å². The Balaban J connectivity index is 1.27. The van der Waals surface area contributed by atoms with Crippen molar-refractivity contribution in [3.63, 3.8) is 0 Å². The molecule has 0 spiro atoms. The zero-order valence-electron chi connectivity index (χ0n) is 25.4. The van der Waals surface area contributed by atoms with Gasteiger partial charge in [-0.1, -0.05) is 13.0 Å². The molecule has 1 saturated carbocycles. The molecule has 5 heterocycles. The quantitative estimate of drug-likeness (QED) is 0.268. The fraction of sp³-hybridized carbons (Fsp3) is 0.500. The van der Waals surface area contributed by atoms with Crippen LogP contribution in [0, 0.1) is 23.5 Å². The molecule has 2 unspecified atom stereocenters. The number of fused-ring (bicyclic) bond motifs is 5. The maximum absolute atomic E-state index is 16.8. The third kappa shape index (κ3) is 4.74. The Morgan fingerprint density at radius 1 is 1.02 bits per heavy atom. The van der Waals surface area contributed by atoms with Gasteiger partial charge in [0.15, 0.2) is 5.82 Å². The number of aryl methyl sites for hydroxylation is 1. The second-order valence-corrected chi connectivity index (χ2v) is 13.6. The van der Waals surface area contributed by atoms with Crippen molar-refractivity contribution in [3.05, 3.63) is 47.7 Å². The molecule has 0 radical (unpaired) electrons. The van der Waals surface area contributed by atoms with Crippen LogP contribution >= 0.6 is 0 Å². The maximum Gasteiger partial charge on any atom is 0.319 e. The number of hydrogen-bond donors (Lipinski definition) is 2. The standard InChI is InChI=1S/C34H35F4N5O3/c1-2-23-26(37)4-3-18-7-22(44)8-24(28(18)23)30-29(38)31-25(11-39-30)32(42-12-17-5-19(13-42)27(45)6-17)41-33(40-31)46-16-34-9-20(35)14-43(34)15-21(36)10-34/h3-4,7-8,11,17,19-21,27,44-45H,2,5-6,9-10,12-16H2,1H3/t17-,19-,20?,21?,27-,34?/m1/s1. The van der Waals surface area contributed by atoms with Gasteiger partial charge in [-0.15, -0.1) is 0 Å². The molecule has 5 atom stereocenters. The van der Waals surface area contributed by atoms with Gasteiger partial charge in [0.1, 0.15) is 47.5 Å². The van der Waals surface area contributed by atoms with E-state index in [0.29, 0.717) is 53.5 Å². The zero-order valence-corrected chi connectivity index (χ0v) is 25.4. The number of phenolic OH excluding ortho intramolecular Hbond substituents is 1. The minimum atomic E-state index is -1.10. The molecule has 4 fully saturated rings. The topological polar surface area (TPSA) is 94.8 Å². The van der Waals surface area contributed by atoms with E-state index in [0.717, 1.165) is 6.42 Å². The predicted octanol–water partition coefficient (Wildman–Crippen LogP) is 5.50. The van der Waals surface area contributed by atoms with E-state index in [1.165, 1.54) is 30.5 Å². The Hall–Kier alpha value is -3.77. The van der Waals surface area contributed by atoms with Crippen LogP contribution in [0.1, 0.15) is 38.2 Å². The minimum Gasteiger partial charge on any atom is -0.508 e. The monoisotopic (exact) mass is 637 g/mol. The highest BCUT2D eigenvalue weighted by molar-refractivity contribution is 6.01. The Kier molecular flexibility index (Phi) is 7.02. The molecular weight excluding hydrogens is 602 g/mol.